The highest BCUT2D eigenvalue weighted by Gasteiger charge is 2.10. The van der Waals surface area contributed by atoms with E-state index in [1.54, 1.807) is 6.07 Å². The van der Waals surface area contributed by atoms with E-state index in [-0.39, 0.29) is 12.3 Å². The van der Waals surface area contributed by atoms with Crippen LogP contribution in [-0.4, -0.2) is 11.1 Å². The van der Waals surface area contributed by atoms with Gasteiger partial charge in [-0.15, -0.1) is 0 Å². The number of carbonyl (C=O) groups is 1. The second-order valence-corrected chi connectivity index (χ2v) is 4.21. The van der Waals surface area contributed by atoms with Crippen LogP contribution in [0, 0.1) is 0 Å². The van der Waals surface area contributed by atoms with Crippen molar-refractivity contribution in [3.63, 3.8) is 0 Å². The van der Waals surface area contributed by atoms with Crippen LogP contribution in [-0.2, 0) is 18.0 Å². The molecule has 0 unspecified atom stereocenters. The molecule has 0 aliphatic heterocycles. The fourth-order valence-corrected chi connectivity index (χ4v) is 1.67. The summed E-state index contributed by atoms with van der Waals surface area (Å²) in [5.74, 6) is 4.91. The highest BCUT2D eigenvalue weighted by Crippen LogP contribution is 2.12. The van der Waals surface area contributed by atoms with Crippen LogP contribution in [0.15, 0.2) is 34.9 Å². The second-order valence-electron chi connectivity index (χ2n) is 3.77. The zero-order valence-electron chi connectivity index (χ0n) is 9.93. The maximum atomic E-state index is 11.1. The number of amides is 1. The number of ether oxygens (including phenoxy) is 1. The number of benzene rings is 1. The minimum Gasteiger partial charge on any atom is -0.369 e. The molecule has 2 aromatic rings. The summed E-state index contributed by atoms with van der Waals surface area (Å²) in [4.78, 5) is 11.1. The highest BCUT2D eigenvalue weighted by atomic mass is 35.5. The van der Waals surface area contributed by atoms with Crippen LogP contribution in [0.25, 0.3) is 0 Å². The first-order valence-electron chi connectivity index (χ1n) is 5.48. The largest absolute Gasteiger partial charge is 0.369 e. The highest BCUT2D eigenvalue weighted by molar-refractivity contribution is 6.30. The van der Waals surface area contributed by atoms with Crippen molar-refractivity contribution in [1.82, 2.24) is 10.6 Å². The SMILES string of the molecule is NNC(=O)c1cc(COCc2cccc(Cl)c2)on1. The second kappa shape index (κ2) is 6.33. The van der Waals surface area contributed by atoms with Crippen LogP contribution >= 0.6 is 11.6 Å². The van der Waals surface area contributed by atoms with Crippen molar-refractivity contribution in [2.75, 3.05) is 0 Å². The molecule has 1 aromatic carbocycles. The van der Waals surface area contributed by atoms with Gasteiger partial charge in [-0.1, -0.05) is 28.9 Å². The number of carbonyl (C=O) groups excluding carboxylic acids is 1. The number of nitrogens with two attached hydrogens (primary N) is 1. The molecule has 2 rings (SSSR count). The van der Waals surface area contributed by atoms with Crippen molar-refractivity contribution in [3.8, 4) is 0 Å². The maximum Gasteiger partial charge on any atom is 0.287 e. The summed E-state index contributed by atoms with van der Waals surface area (Å²) in [6.07, 6.45) is 0. The molecule has 0 saturated heterocycles. The Bertz CT molecular complexity index is 571. The molecule has 0 spiro atoms. The minimum atomic E-state index is -0.509. The Labute approximate surface area is 114 Å². The van der Waals surface area contributed by atoms with Gasteiger partial charge in [0.1, 0.15) is 6.61 Å². The molecule has 1 amide bonds. The molecular formula is C12H12ClN3O3. The summed E-state index contributed by atoms with van der Waals surface area (Å²) < 4.78 is 10.4. The molecule has 7 heteroatoms. The predicted molar refractivity (Wildman–Crippen MR) is 68.1 cm³/mol. The zero-order chi connectivity index (χ0) is 13.7. The van der Waals surface area contributed by atoms with Gasteiger partial charge in [-0.25, -0.2) is 5.84 Å². The summed E-state index contributed by atoms with van der Waals surface area (Å²) >= 11 is 5.85. The van der Waals surface area contributed by atoms with Gasteiger partial charge in [0.15, 0.2) is 11.5 Å². The number of hydrogen-bond donors (Lipinski definition) is 2. The first-order valence-corrected chi connectivity index (χ1v) is 5.85. The van der Waals surface area contributed by atoms with Gasteiger partial charge >= 0.3 is 0 Å². The lowest BCUT2D eigenvalue weighted by Gasteiger charge is -2.02. The van der Waals surface area contributed by atoms with Crippen molar-refractivity contribution < 1.29 is 14.1 Å². The molecule has 0 bridgehead atoms. The van der Waals surface area contributed by atoms with Gasteiger partial charge in [-0.2, -0.15) is 0 Å². The van der Waals surface area contributed by atoms with Gasteiger partial charge in [0, 0.05) is 11.1 Å². The Balaban J connectivity index is 1.86. The fourth-order valence-electron chi connectivity index (χ4n) is 1.46. The molecule has 3 N–H and O–H groups in total. The van der Waals surface area contributed by atoms with Crippen molar-refractivity contribution in [1.29, 1.82) is 0 Å². The average molecular weight is 282 g/mol. The standard InChI is InChI=1S/C12H12ClN3O3/c13-9-3-1-2-8(4-9)6-18-7-10-5-11(16-19-10)12(17)15-14/h1-5H,6-7,14H2,(H,15,17). The van der Waals surface area contributed by atoms with E-state index >= 15 is 0 Å². The Hall–Kier alpha value is -1.89. The lowest BCUT2D eigenvalue weighted by molar-refractivity contribution is 0.0877. The topological polar surface area (TPSA) is 90.4 Å². The van der Waals surface area contributed by atoms with Crippen LogP contribution in [0.2, 0.25) is 5.02 Å². The maximum absolute atomic E-state index is 11.1. The molecule has 19 heavy (non-hydrogen) atoms. The normalized spacial score (nSPS) is 10.4. The van der Waals surface area contributed by atoms with Gasteiger partial charge in [0.05, 0.1) is 6.61 Å². The van der Waals surface area contributed by atoms with Gasteiger partial charge < -0.3 is 9.26 Å². The van der Waals surface area contributed by atoms with Gasteiger partial charge in [0.25, 0.3) is 5.91 Å². The molecule has 0 aliphatic carbocycles. The van der Waals surface area contributed by atoms with Crippen molar-refractivity contribution in [3.05, 3.63) is 52.4 Å². The van der Waals surface area contributed by atoms with E-state index < -0.39 is 5.91 Å². The summed E-state index contributed by atoms with van der Waals surface area (Å²) in [5.41, 5.74) is 3.03. The number of aromatic nitrogens is 1. The molecule has 0 aliphatic rings. The summed E-state index contributed by atoms with van der Waals surface area (Å²) in [6.45, 7) is 0.594. The van der Waals surface area contributed by atoms with Crippen molar-refractivity contribution >= 4 is 17.5 Å². The Morgan fingerprint density at radius 2 is 2.26 bits per heavy atom. The molecule has 0 atom stereocenters. The molecule has 1 heterocycles. The van der Waals surface area contributed by atoms with E-state index in [4.69, 9.17) is 26.7 Å². The minimum absolute atomic E-state index is 0.115. The van der Waals surface area contributed by atoms with Crippen LogP contribution in [0.4, 0.5) is 0 Å². The molecule has 1 aromatic heterocycles. The number of hydrogen-bond acceptors (Lipinski definition) is 5. The third kappa shape index (κ3) is 3.78. The first kappa shape index (κ1) is 13.5. The molecule has 6 nitrogen and oxygen atoms in total. The van der Waals surface area contributed by atoms with E-state index in [9.17, 15) is 4.79 Å². The van der Waals surface area contributed by atoms with Crippen LogP contribution < -0.4 is 11.3 Å². The predicted octanol–water partition coefficient (Wildman–Crippen LogP) is 1.65. The Morgan fingerprint density at radius 1 is 1.42 bits per heavy atom. The molecule has 0 radical (unpaired) electrons. The molecule has 100 valence electrons. The fraction of sp³-hybridized carbons (Fsp3) is 0.167. The van der Waals surface area contributed by atoms with Gasteiger partial charge in [-0.05, 0) is 17.7 Å². The van der Waals surface area contributed by atoms with Crippen LogP contribution in [0.1, 0.15) is 21.8 Å². The van der Waals surface area contributed by atoms with Crippen molar-refractivity contribution in [2.24, 2.45) is 5.84 Å². The molecule has 0 saturated carbocycles. The van der Waals surface area contributed by atoms with Gasteiger partial charge in [-0.3, -0.25) is 10.2 Å². The summed E-state index contributed by atoms with van der Waals surface area (Å²) in [5, 5.41) is 4.21. The van der Waals surface area contributed by atoms with E-state index in [0.29, 0.717) is 17.4 Å². The lowest BCUT2D eigenvalue weighted by atomic mass is 10.2. The molecular weight excluding hydrogens is 270 g/mol. The first-order chi connectivity index (χ1) is 9.19. The smallest absolute Gasteiger partial charge is 0.287 e. The number of hydrazine groups is 1. The Kier molecular flexibility index (Phi) is 4.51. The number of nitrogen functional groups attached to an aromatic ring is 1. The van der Waals surface area contributed by atoms with E-state index in [1.165, 1.54) is 6.07 Å². The van der Waals surface area contributed by atoms with Crippen LogP contribution in [0.5, 0.6) is 0 Å². The van der Waals surface area contributed by atoms with E-state index in [1.807, 2.05) is 23.6 Å². The quantitative estimate of drug-likeness (QED) is 0.494. The number of halogens is 1. The third-order valence-electron chi connectivity index (χ3n) is 2.32. The van der Waals surface area contributed by atoms with E-state index in [2.05, 4.69) is 5.16 Å². The zero-order valence-corrected chi connectivity index (χ0v) is 10.7. The summed E-state index contributed by atoms with van der Waals surface area (Å²) in [7, 11) is 0. The number of rotatable bonds is 5. The molecule has 0 fully saturated rings. The van der Waals surface area contributed by atoms with Crippen molar-refractivity contribution in [2.45, 2.75) is 13.2 Å². The Morgan fingerprint density at radius 3 is 3.00 bits per heavy atom. The lowest BCUT2D eigenvalue weighted by Crippen LogP contribution is -2.30. The van der Waals surface area contributed by atoms with E-state index in [0.717, 1.165) is 5.56 Å². The monoisotopic (exact) mass is 281 g/mol. The number of nitrogens with zero attached hydrogens (tertiary/aromatic N) is 1. The average Bonchev–Trinajstić information content (AvgIpc) is 2.87. The van der Waals surface area contributed by atoms with Crippen LogP contribution in [0.3, 0.4) is 0 Å². The number of nitrogens with one attached hydrogen (secondary N) is 1. The third-order valence-corrected chi connectivity index (χ3v) is 2.56. The summed E-state index contributed by atoms with van der Waals surface area (Å²) in [6, 6.07) is 8.83. The van der Waals surface area contributed by atoms with Gasteiger partial charge in [0.2, 0.25) is 0 Å².